The van der Waals surface area contributed by atoms with Crippen molar-refractivity contribution in [3.8, 4) is 17.1 Å². The number of hydrogen-bond donors (Lipinski definition) is 0. The van der Waals surface area contributed by atoms with Gasteiger partial charge in [0.1, 0.15) is 11.6 Å². The summed E-state index contributed by atoms with van der Waals surface area (Å²) in [6, 6.07) is 8.14. The number of thioether (sulfide) groups is 1. The van der Waals surface area contributed by atoms with Crippen molar-refractivity contribution in [3.05, 3.63) is 36.0 Å². The largest absolute Gasteiger partial charge is 0.497 e. The monoisotopic (exact) mass is 385 g/mol. The van der Waals surface area contributed by atoms with Crippen LogP contribution < -0.4 is 4.74 Å². The number of aromatic nitrogens is 5. The van der Waals surface area contributed by atoms with E-state index in [2.05, 4.69) is 24.9 Å². The van der Waals surface area contributed by atoms with E-state index in [0.717, 1.165) is 22.3 Å². The second kappa shape index (κ2) is 8.12. The topological polar surface area (TPSA) is 78.9 Å². The summed E-state index contributed by atoms with van der Waals surface area (Å²) in [6.45, 7) is 2.03. The first-order chi connectivity index (χ1) is 13.2. The third kappa shape index (κ3) is 4.00. The maximum atomic E-state index is 5.43. The number of methoxy groups -OCH3 is 1. The Bertz CT molecular complexity index is 901. The highest BCUT2D eigenvalue weighted by Crippen LogP contribution is 2.33. The van der Waals surface area contributed by atoms with E-state index in [-0.39, 0.29) is 0 Å². The Morgan fingerprint density at radius 1 is 1.22 bits per heavy atom. The predicted molar refractivity (Wildman–Crippen MR) is 103 cm³/mol. The van der Waals surface area contributed by atoms with Gasteiger partial charge in [-0.2, -0.15) is 4.98 Å². The maximum absolute atomic E-state index is 5.43. The van der Waals surface area contributed by atoms with Crippen LogP contribution in [0.4, 0.5) is 0 Å². The highest BCUT2D eigenvalue weighted by molar-refractivity contribution is 7.98. The van der Waals surface area contributed by atoms with E-state index in [1.165, 1.54) is 32.1 Å². The first-order valence-electron chi connectivity index (χ1n) is 9.26. The zero-order valence-electron chi connectivity index (χ0n) is 15.6. The second-order valence-electron chi connectivity index (χ2n) is 6.72. The summed E-state index contributed by atoms with van der Waals surface area (Å²) in [4.78, 5) is 4.51. The van der Waals surface area contributed by atoms with Crippen LogP contribution in [-0.4, -0.2) is 32.0 Å². The van der Waals surface area contributed by atoms with Crippen molar-refractivity contribution in [2.75, 3.05) is 7.11 Å². The third-order valence-electron chi connectivity index (χ3n) is 4.90. The minimum atomic E-state index is 0.506. The lowest BCUT2D eigenvalue weighted by Gasteiger charge is -2.24. The minimum absolute atomic E-state index is 0.506. The van der Waals surface area contributed by atoms with Crippen LogP contribution in [0.2, 0.25) is 0 Å². The Morgan fingerprint density at radius 2 is 2.07 bits per heavy atom. The van der Waals surface area contributed by atoms with E-state index in [4.69, 9.17) is 9.26 Å². The van der Waals surface area contributed by atoms with E-state index in [9.17, 15) is 0 Å². The number of benzene rings is 1. The van der Waals surface area contributed by atoms with Crippen molar-refractivity contribution in [2.45, 2.75) is 56.0 Å². The van der Waals surface area contributed by atoms with Gasteiger partial charge in [-0.25, -0.2) is 0 Å². The third-order valence-corrected chi connectivity index (χ3v) is 5.82. The van der Waals surface area contributed by atoms with E-state index < -0.39 is 0 Å². The number of rotatable bonds is 6. The molecule has 7 nitrogen and oxygen atoms in total. The fourth-order valence-electron chi connectivity index (χ4n) is 3.53. The van der Waals surface area contributed by atoms with Crippen LogP contribution >= 0.6 is 11.8 Å². The second-order valence-corrected chi connectivity index (χ2v) is 7.67. The van der Waals surface area contributed by atoms with Gasteiger partial charge in [-0.05, 0) is 31.9 Å². The predicted octanol–water partition coefficient (Wildman–Crippen LogP) is 4.44. The zero-order chi connectivity index (χ0) is 18.6. The van der Waals surface area contributed by atoms with Gasteiger partial charge >= 0.3 is 0 Å². The molecule has 2 heterocycles. The molecule has 1 fully saturated rings. The van der Waals surface area contributed by atoms with Gasteiger partial charge in [-0.15, -0.1) is 10.2 Å². The normalized spacial score (nSPS) is 15.2. The molecule has 2 aromatic heterocycles. The van der Waals surface area contributed by atoms with Gasteiger partial charge in [-0.3, -0.25) is 0 Å². The highest BCUT2D eigenvalue weighted by Gasteiger charge is 2.22. The Kier molecular flexibility index (Phi) is 5.42. The molecular weight excluding hydrogens is 362 g/mol. The number of hydrogen-bond acceptors (Lipinski definition) is 7. The van der Waals surface area contributed by atoms with Gasteiger partial charge < -0.3 is 13.8 Å². The molecule has 1 aromatic carbocycles. The van der Waals surface area contributed by atoms with E-state index in [1.807, 2.05) is 31.2 Å². The van der Waals surface area contributed by atoms with Crippen LogP contribution in [0.3, 0.4) is 0 Å². The van der Waals surface area contributed by atoms with Crippen molar-refractivity contribution < 1.29 is 9.26 Å². The van der Waals surface area contributed by atoms with Crippen LogP contribution in [0.25, 0.3) is 11.4 Å². The van der Waals surface area contributed by atoms with Gasteiger partial charge in [0.15, 0.2) is 5.16 Å². The quantitative estimate of drug-likeness (QED) is 0.580. The first-order valence-corrected chi connectivity index (χ1v) is 10.2. The lowest BCUT2D eigenvalue weighted by atomic mass is 9.95. The van der Waals surface area contributed by atoms with Crippen molar-refractivity contribution >= 4 is 11.8 Å². The average Bonchev–Trinajstić information content (AvgIpc) is 3.33. The molecule has 0 spiro atoms. The molecule has 27 heavy (non-hydrogen) atoms. The highest BCUT2D eigenvalue weighted by atomic mass is 32.2. The molecule has 142 valence electrons. The Hall–Kier alpha value is -2.35. The molecular formula is C19H23N5O2S. The summed E-state index contributed by atoms with van der Waals surface area (Å²) in [5.41, 5.74) is 0.871. The van der Waals surface area contributed by atoms with Crippen LogP contribution in [0.15, 0.2) is 33.9 Å². The molecule has 0 atom stereocenters. The van der Waals surface area contributed by atoms with E-state index >= 15 is 0 Å². The molecule has 0 bridgehead atoms. The summed E-state index contributed by atoms with van der Waals surface area (Å²) in [5.74, 6) is 3.46. The summed E-state index contributed by atoms with van der Waals surface area (Å²) in [7, 11) is 1.64. The fraction of sp³-hybridized carbons (Fsp3) is 0.474. The lowest BCUT2D eigenvalue weighted by molar-refractivity contribution is 0.331. The maximum Gasteiger partial charge on any atom is 0.237 e. The average molecular weight is 385 g/mol. The van der Waals surface area contributed by atoms with Gasteiger partial charge in [0.2, 0.25) is 11.7 Å². The molecule has 8 heteroatoms. The Labute approximate surface area is 162 Å². The summed E-state index contributed by atoms with van der Waals surface area (Å²) < 4.78 is 13.0. The molecule has 1 aliphatic carbocycles. The molecule has 0 radical (unpaired) electrons. The van der Waals surface area contributed by atoms with Crippen LogP contribution in [0, 0.1) is 6.92 Å². The molecule has 0 amide bonds. The van der Waals surface area contributed by atoms with Crippen molar-refractivity contribution in [2.24, 2.45) is 0 Å². The Balaban J connectivity index is 1.46. The minimum Gasteiger partial charge on any atom is -0.497 e. The smallest absolute Gasteiger partial charge is 0.237 e. The van der Waals surface area contributed by atoms with Crippen LogP contribution in [0.1, 0.15) is 49.9 Å². The van der Waals surface area contributed by atoms with Crippen molar-refractivity contribution in [1.82, 2.24) is 24.9 Å². The lowest BCUT2D eigenvalue weighted by Crippen LogP contribution is -2.15. The van der Waals surface area contributed by atoms with Crippen LogP contribution in [0.5, 0.6) is 5.75 Å². The fourth-order valence-corrected chi connectivity index (χ4v) is 4.42. The number of ether oxygens (including phenoxy) is 1. The van der Waals surface area contributed by atoms with E-state index in [1.54, 1.807) is 18.9 Å². The molecule has 4 rings (SSSR count). The number of aryl methyl sites for hydroxylation is 1. The molecule has 0 saturated heterocycles. The summed E-state index contributed by atoms with van der Waals surface area (Å²) in [6.07, 6.45) is 6.29. The Morgan fingerprint density at radius 3 is 2.89 bits per heavy atom. The molecule has 1 aliphatic rings. The van der Waals surface area contributed by atoms with Crippen LogP contribution in [-0.2, 0) is 5.75 Å². The summed E-state index contributed by atoms with van der Waals surface area (Å²) in [5, 5.41) is 13.7. The van der Waals surface area contributed by atoms with Crippen molar-refractivity contribution in [3.63, 3.8) is 0 Å². The van der Waals surface area contributed by atoms with Gasteiger partial charge in [0.05, 0.1) is 12.9 Å². The molecule has 1 saturated carbocycles. The standard InChI is InChI=1S/C19H23N5O2S/c1-13-21-22-19(24(13)15-8-4-3-5-9-15)27-12-17-20-18(23-26-17)14-7-6-10-16(11-14)25-2/h6-7,10-11,15H,3-5,8-9,12H2,1-2H3. The van der Waals surface area contributed by atoms with Crippen molar-refractivity contribution in [1.29, 1.82) is 0 Å². The van der Waals surface area contributed by atoms with Gasteiger partial charge in [0, 0.05) is 11.6 Å². The van der Waals surface area contributed by atoms with Gasteiger partial charge in [0.25, 0.3) is 0 Å². The molecule has 0 unspecified atom stereocenters. The SMILES string of the molecule is COc1cccc(-c2noc(CSc3nnc(C)n3C3CCCCC3)n2)c1. The molecule has 0 N–H and O–H groups in total. The number of nitrogens with zero attached hydrogens (tertiary/aromatic N) is 5. The van der Waals surface area contributed by atoms with E-state index in [0.29, 0.717) is 23.5 Å². The van der Waals surface area contributed by atoms with Gasteiger partial charge in [-0.1, -0.05) is 48.3 Å². The summed E-state index contributed by atoms with van der Waals surface area (Å²) >= 11 is 1.60. The first kappa shape index (κ1) is 18.0. The molecule has 0 aliphatic heterocycles. The zero-order valence-corrected chi connectivity index (χ0v) is 16.4. The molecule has 3 aromatic rings.